The van der Waals surface area contributed by atoms with Gasteiger partial charge in [0.15, 0.2) is 0 Å². The summed E-state index contributed by atoms with van der Waals surface area (Å²) in [5, 5.41) is 4.96. The number of benzene rings is 4. The summed E-state index contributed by atoms with van der Waals surface area (Å²) < 4.78 is 6.16. The van der Waals surface area contributed by atoms with E-state index in [4.69, 9.17) is 4.74 Å². The summed E-state index contributed by atoms with van der Waals surface area (Å²) in [5.41, 5.74) is 2.46. The van der Waals surface area contributed by atoms with Gasteiger partial charge in [-0.3, -0.25) is 0 Å². The standard InChI is InChI=1S/C22H18O/c1-15-11-19(13-17-7-3-5-9-21(15)17)23-20-12-16(2)22-10-6-4-8-18(22)14-20/h3-14H,1-2H3. The first kappa shape index (κ1) is 13.8. The van der Waals surface area contributed by atoms with Gasteiger partial charge in [0.1, 0.15) is 11.5 Å². The summed E-state index contributed by atoms with van der Waals surface area (Å²) >= 11 is 0. The van der Waals surface area contributed by atoms with Crippen LogP contribution in [0.5, 0.6) is 11.5 Å². The van der Waals surface area contributed by atoms with Crippen LogP contribution in [-0.4, -0.2) is 0 Å². The topological polar surface area (TPSA) is 9.23 Å². The molecule has 4 aromatic rings. The van der Waals surface area contributed by atoms with Crippen molar-refractivity contribution >= 4 is 21.5 Å². The van der Waals surface area contributed by atoms with E-state index in [1.165, 1.54) is 32.7 Å². The van der Waals surface area contributed by atoms with Crippen molar-refractivity contribution in [2.24, 2.45) is 0 Å². The second kappa shape index (κ2) is 5.44. The Morgan fingerprint density at radius 3 is 1.48 bits per heavy atom. The highest BCUT2D eigenvalue weighted by Crippen LogP contribution is 2.31. The Labute approximate surface area is 136 Å². The van der Waals surface area contributed by atoms with Crippen molar-refractivity contribution in [3.63, 3.8) is 0 Å². The van der Waals surface area contributed by atoms with Gasteiger partial charge in [-0.15, -0.1) is 0 Å². The van der Waals surface area contributed by atoms with E-state index >= 15 is 0 Å². The average Bonchev–Trinajstić information content (AvgIpc) is 2.55. The number of rotatable bonds is 2. The highest BCUT2D eigenvalue weighted by Gasteiger charge is 2.05. The Morgan fingerprint density at radius 2 is 1.00 bits per heavy atom. The van der Waals surface area contributed by atoms with Gasteiger partial charge in [-0.2, -0.15) is 0 Å². The highest BCUT2D eigenvalue weighted by molar-refractivity contribution is 5.88. The van der Waals surface area contributed by atoms with E-state index in [9.17, 15) is 0 Å². The molecular formula is C22H18O. The third-order valence-corrected chi connectivity index (χ3v) is 4.32. The van der Waals surface area contributed by atoms with Crippen LogP contribution >= 0.6 is 0 Å². The quantitative estimate of drug-likeness (QED) is 0.416. The van der Waals surface area contributed by atoms with Gasteiger partial charge in [0.05, 0.1) is 0 Å². The Hall–Kier alpha value is -2.80. The van der Waals surface area contributed by atoms with Crippen LogP contribution in [0.25, 0.3) is 21.5 Å². The van der Waals surface area contributed by atoms with Crippen LogP contribution < -0.4 is 4.74 Å². The van der Waals surface area contributed by atoms with Crippen molar-refractivity contribution in [2.75, 3.05) is 0 Å². The van der Waals surface area contributed by atoms with E-state index in [1.807, 2.05) is 0 Å². The number of fused-ring (bicyclic) bond motifs is 2. The van der Waals surface area contributed by atoms with E-state index in [0.717, 1.165) is 11.5 Å². The maximum absolute atomic E-state index is 6.16. The molecule has 0 aliphatic carbocycles. The molecule has 0 atom stereocenters. The molecule has 0 heterocycles. The zero-order chi connectivity index (χ0) is 15.8. The summed E-state index contributed by atoms with van der Waals surface area (Å²) in [6.07, 6.45) is 0. The SMILES string of the molecule is Cc1cc(Oc2cc(C)c3ccccc3c2)cc2ccccc12. The summed E-state index contributed by atoms with van der Waals surface area (Å²) in [6, 6.07) is 25.2. The van der Waals surface area contributed by atoms with E-state index < -0.39 is 0 Å². The molecule has 0 amide bonds. The second-order valence-corrected chi connectivity index (χ2v) is 6.02. The summed E-state index contributed by atoms with van der Waals surface area (Å²) in [4.78, 5) is 0. The molecule has 23 heavy (non-hydrogen) atoms. The number of ether oxygens (including phenoxy) is 1. The molecule has 1 nitrogen and oxygen atoms in total. The van der Waals surface area contributed by atoms with Gasteiger partial charge in [0.2, 0.25) is 0 Å². The van der Waals surface area contributed by atoms with Crippen LogP contribution in [0.3, 0.4) is 0 Å². The summed E-state index contributed by atoms with van der Waals surface area (Å²) in [6.45, 7) is 4.25. The van der Waals surface area contributed by atoms with Crippen molar-refractivity contribution in [2.45, 2.75) is 13.8 Å². The first-order valence-corrected chi connectivity index (χ1v) is 7.87. The lowest BCUT2D eigenvalue weighted by atomic mass is 10.0. The van der Waals surface area contributed by atoms with Gasteiger partial charge in [0.25, 0.3) is 0 Å². The van der Waals surface area contributed by atoms with E-state index in [0.29, 0.717) is 0 Å². The van der Waals surface area contributed by atoms with Crippen LogP contribution in [0, 0.1) is 13.8 Å². The molecule has 1 heteroatoms. The minimum atomic E-state index is 0.885. The van der Waals surface area contributed by atoms with Crippen molar-refractivity contribution < 1.29 is 4.74 Å². The van der Waals surface area contributed by atoms with E-state index in [2.05, 4.69) is 86.6 Å². The highest BCUT2D eigenvalue weighted by atomic mass is 16.5. The lowest BCUT2D eigenvalue weighted by Gasteiger charge is -2.11. The molecule has 0 unspecified atom stereocenters. The minimum absolute atomic E-state index is 0.885. The molecular weight excluding hydrogens is 280 g/mol. The molecule has 0 radical (unpaired) electrons. The zero-order valence-corrected chi connectivity index (χ0v) is 13.3. The lowest BCUT2D eigenvalue weighted by molar-refractivity contribution is 0.483. The van der Waals surface area contributed by atoms with E-state index in [1.54, 1.807) is 0 Å². The van der Waals surface area contributed by atoms with Crippen molar-refractivity contribution in [1.29, 1.82) is 0 Å². The third kappa shape index (κ3) is 2.55. The largest absolute Gasteiger partial charge is 0.457 e. The number of aryl methyl sites for hydroxylation is 2. The second-order valence-electron chi connectivity index (χ2n) is 6.02. The van der Waals surface area contributed by atoms with E-state index in [-0.39, 0.29) is 0 Å². The van der Waals surface area contributed by atoms with Crippen LogP contribution in [0.15, 0.2) is 72.8 Å². The van der Waals surface area contributed by atoms with Gasteiger partial charge >= 0.3 is 0 Å². The molecule has 0 N–H and O–H groups in total. The van der Waals surface area contributed by atoms with Crippen molar-refractivity contribution in [1.82, 2.24) is 0 Å². The zero-order valence-electron chi connectivity index (χ0n) is 13.3. The normalized spacial score (nSPS) is 11.0. The third-order valence-electron chi connectivity index (χ3n) is 4.32. The molecule has 0 spiro atoms. The number of hydrogen-bond acceptors (Lipinski definition) is 1. The Bertz CT molecular complexity index is 931. The Kier molecular flexibility index (Phi) is 3.27. The molecule has 0 aliphatic heterocycles. The predicted molar refractivity (Wildman–Crippen MR) is 97.4 cm³/mol. The van der Waals surface area contributed by atoms with Crippen LogP contribution in [0.2, 0.25) is 0 Å². The van der Waals surface area contributed by atoms with Gasteiger partial charge in [-0.05, 0) is 70.8 Å². The Morgan fingerprint density at radius 1 is 0.565 bits per heavy atom. The molecule has 112 valence electrons. The molecule has 4 rings (SSSR count). The van der Waals surface area contributed by atoms with Gasteiger partial charge in [-0.1, -0.05) is 48.5 Å². The Balaban J connectivity index is 1.78. The fraction of sp³-hybridized carbons (Fsp3) is 0.0909. The molecule has 4 aromatic carbocycles. The van der Waals surface area contributed by atoms with Gasteiger partial charge in [-0.25, -0.2) is 0 Å². The van der Waals surface area contributed by atoms with Crippen LogP contribution in [0.4, 0.5) is 0 Å². The first-order chi connectivity index (χ1) is 11.2. The van der Waals surface area contributed by atoms with Gasteiger partial charge < -0.3 is 4.74 Å². The fourth-order valence-corrected chi connectivity index (χ4v) is 3.19. The molecule has 0 aliphatic rings. The smallest absolute Gasteiger partial charge is 0.128 e. The summed E-state index contributed by atoms with van der Waals surface area (Å²) in [5.74, 6) is 1.77. The first-order valence-electron chi connectivity index (χ1n) is 7.87. The van der Waals surface area contributed by atoms with Crippen molar-refractivity contribution in [3.8, 4) is 11.5 Å². The molecule has 0 aromatic heterocycles. The molecule has 0 fully saturated rings. The predicted octanol–water partition coefficient (Wildman–Crippen LogP) is 6.40. The molecule has 0 bridgehead atoms. The minimum Gasteiger partial charge on any atom is -0.457 e. The molecule has 0 saturated heterocycles. The fourth-order valence-electron chi connectivity index (χ4n) is 3.19. The van der Waals surface area contributed by atoms with Crippen LogP contribution in [-0.2, 0) is 0 Å². The van der Waals surface area contributed by atoms with Gasteiger partial charge in [0, 0.05) is 0 Å². The van der Waals surface area contributed by atoms with Crippen LogP contribution in [0.1, 0.15) is 11.1 Å². The monoisotopic (exact) mass is 298 g/mol. The average molecular weight is 298 g/mol. The summed E-state index contributed by atoms with van der Waals surface area (Å²) in [7, 11) is 0. The van der Waals surface area contributed by atoms with Crippen molar-refractivity contribution in [3.05, 3.63) is 83.9 Å². The lowest BCUT2D eigenvalue weighted by Crippen LogP contribution is -1.88. The maximum atomic E-state index is 6.16. The maximum Gasteiger partial charge on any atom is 0.128 e. The molecule has 0 saturated carbocycles. The number of hydrogen-bond donors (Lipinski definition) is 0.